The summed E-state index contributed by atoms with van der Waals surface area (Å²) in [6, 6.07) is 22.3. The lowest BCUT2D eigenvalue weighted by Gasteiger charge is -2.49. The quantitative estimate of drug-likeness (QED) is 0.329. The highest BCUT2D eigenvalue weighted by molar-refractivity contribution is 7.92. The van der Waals surface area contributed by atoms with Gasteiger partial charge < -0.3 is 5.32 Å². The molecular formula is C31H36Cl2N4O3S. The Labute approximate surface area is 253 Å². The van der Waals surface area contributed by atoms with Crippen LogP contribution in [0.5, 0.6) is 0 Å². The van der Waals surface area contributed by atoms with Gasteiger partial charge in [-0.15, -0.1) is 0 Å². The Kier molecular flexibility index (Phi) is 9.26. The van der Waals surface area contributed by atoms with Crippen LogP contribution in [-0.2, 0) is 10.0 Å². The summed E-state index contributed by atoms with van der Waals surface area (Å²) in [6.45, 7) is 5.65. The molecule has 2 saturated heterocycles. The number of para-hydroxylation sites is 1. The monoisotopic (exact) mass is 614 g/mol. The van der Waals surface area contributed by atoms with Crippen LogP contribution >= 0.6 is 23.2 Å². The predicted octanol–water partition coefficient (Wildman–Crippen LogP) is 5.45. The van der Waals surface area contributed by atoms with E-state index in [2.05, 4.69) is 22.0 Å². The number of likely N-dealkylation sites (N-methyl/N-ethyl adjacent to an activating group) is 1. The van der Waals surface area contributed by atoms with E-state index < -0.39 is 10.0 Å². The number of nitrogens with zero attached hydrogens (tertiary/aromatic N) is 3. The number of amides is 1. The number of benzene rings is 3. The molecule has 0 radical (unpaired) electrons. The number of rotatable bonds is 10. The summed E-state index contributed by atoms with van der Waals surface area (Å²) < 4.78 is 27.9. The maximum atomic E-state index is 13.4. The maximum absolute atomic E-state index is 13.4. The standard InChI is InChI=1S/C31H36Cl2N4O3S/c1-3-35-18-6-7-26(35)19-34-31(38)28-8-4-5-9-29(28)37(41(2,39)40)27-20-36(21-27)30(22-10-14-24(32)15-11-22)23-12-16-25(33)17-13-23/h4-5,8-17,26-27,30H,3,6-7,18-21H2,1-2H3,(H,34,38). The third kappa shape index (κ3) is 6.73. The lowest BCUT2D eigenvalue weighted by atomic mass is 9.93. The first-order chi connectivity index (χ1) is 19.7. The Morgan fingerprint density at radius 1 is 0.976 bits per heavy atom. The second-order valence-electron chi connectivity index (χ2n) is 10.8. The zero-order chi connectivity index (χ0) is 29.1. The zero-order valence-electron chi connectivity index (χ0n) is 23.3. The van der Waals surface area contributed by atoms with Gasteiger partial charge in [0.05, 0.1) is 29.6 Å². The van der Waals surface area contributed by atoms with Gasteiger partial charge in [-0.3, -0.25) is 18.9 Å². The smallest absolute Gasteiger partial charge is 0.253 e. The highest BCUT2D eigenvalue weighted by Crippen LogP contribution is 2.37. The van der Waals surface area contributed by atoms with Crippen LogP contribution in [0.2, 0.25) is 10.0 Å². The summed E-state index contributed by atoms with van der Waals surface area (Å²) >= 11 is 12.3. The van der Waals surface area contributed by atoms with Crippen molar-refractivity contribution in [2.45, 2.75) is 37.9 Å². The highest BCUT2D eigenvalue weighted by atomic mass is 35.5. The van der Waals surface area contributed by atoms with Gasteiger partial charge in [-0.05, 0) is 73.5 Å². The van der Waals surface area contributed by atoms with Crippen molar-refractivity contribution in [1.82, 2.24) is 15.1 Å². The molecule has 10 heteroatoms. The molecule has 2 aliphatic rings. The van der Waals surface area contributed by atoms with Gasteiger partial charge in [0.25, 0.3) is 5.91 Å². The van der Waals surface area contributed by atoms with E-state index in [9.17, 15) is 13.2 Å². The Bertz CT molecular complexity index is 1420. The number of sulfonamides is 1. The molecule has 0 bridgehead atoms. The van der Waals surface area contributed by atoms with E-state index in [4.69, 9.17) is 23.2 Å². The molecule has 7 nitrogen and oxygen atoms in total. The molecule has 3 aromatic carbocycles. The number of carbonyl (C=O) groups is 1. The summed E-state index contributed by atoms with van der Waals surface area (Å²) in [4.78, 5) is 18.0. The van der Waals surface area contributed by atoms with Crippen molar-refractivity contribution in [1.29, 1.82) is 0 Å². The Hall–Kier alpha value is -2.62. The first kappa shape index (κ1) is 29.9. The van der Waals surface area contributed by atoms with Crippen LogP contribution in [0.25, 0.3) is 0 Å². The fourth-order valence-corrected chi connectivity index (χ4v) is 7.55. The Morgan fingerprint density at radius 3 is 2.12 bits per heavy atom. The van der Waals surface area contributed by atoms with Gasteiger partial charge in [0, 0.05) is 35.7 Å². The average Bonchev–Trinajstić information content (AvgIpc) is 3.39. The van der Waals surface area contributed by atoms with Crippen molar-refractivity contribution in [3.8, 4) is 0 Å². The van der Waals surface area contributed by atoms with Gasteiger partial charge in [0.15, 0.2) is 0 Å². The fourth-order valence-electron chi connectivity index (χ4n) is 6.10. The summed E-state index contributed by atoms with van der Waals surface area (Å²) in [6.07, 6.45) is 3.38. The van der Waals surface area contributed by atoms with Crippen LogP contribution < -0.4 is 9.62 Å². The zero-order valence-corrected chi connectivity index (χ0v) is 25.7. The summed E-state index contributed by atoms with van der Waals surface area (Å²) in [7, 11) is -3.68. The summed E-state index contributed by atoms with van der Waals surface area (Å²) in [5, 5.41) is 4.37. The fraction of sp³-hybridized carbons (Fsp3) is 0.387. The molecule has 41 heavy (non-hydrogen) atoms. The van der Waals surface area contributed by atoms with Crippen molar-refractivity contribution in [3.05, 3.63) is 99.5 Å². The van der Waals surface area contributed by atoms with Gasteiger partial charge in [-0.1, -0.05) is 66.5 Å². The maximum Gasteiger partial charge on any atom is 0.253 e. The number of halogens is 2. The molecule has 218 valence electrons. The molecule has 2 aliphatic heterocycles. The van der Waals surface area contributed by atoms with Crippen molar-refractivity contribution in [3.63, 3.8) is 0 Å². The summed E-state index contributed by atoms with van der Waals surface area (Å²) in [5.74, 6) is -0.256. The number of anilines is 1. The second kappa shape index (κ2) is 12.7. The molecular weight excluding hydrogens is 579 g/mol. The van der Waals surface area contributed by atoms with Crippen molar-refractivity contribution >= 4 is 44.8 Å². The number of carbonyl (C=O) groups excluding carboxylic acids is 1. The van der Waals surface area contributed by atoms with Gasteiger partial charge in [0.2, 0.25) is 10.0 Å². The van der Waals surface area contributed by atoms with Crippen molar-refractivity contribution < 1.29 is 13.2 Å². The van der Waals surface area contributed by atoms with Gasteiger partial charge in [-0.2, -0.15) is 0 Å². The van der Waals surface area contributed by atoms with E-state index in [1.807, 2.05) is 48.5 Å². The molecule has 0 saturated carbocycles. The van der Waals surface area contributed by atoms with E-state index >= 15 is 0 Å². The minimum Gasteiger partial charge on any atom is -0.350 e. The van der Waals surface area contributed by atoms with Crippen LogP contribution in [0.4, 0.5) is 5.69 Å². The lowest BCUT2D eigenvalue weighted by molar-refractivity contribution is 0.0940. The normalized spacial score (nSPS) is 18.4. The van der Waals surface area contributed by atoms with Gasteiger partial charge >= 0.3 is 0 Å². The number of hydrogen-bond donors (Lipinski definition) is 1. The minimum atomic E-state index is -3.68. The van der Waals surface area contributed by atoms with Crippen LogP contribution in [0, 0.1) is 0 Å². The molecule has 0 spiro atoms. The highest BCUT2D eigenvalue weighted by Gasteiger charge is 2.41. The number of hydrogen-bond acceptors (Lipinski definition) is 5. The molecule has 2 heterocycles. The van der Waals surface area contributed by atoms with Gasteiger partial charge in [0.1, 0.15) is 0 Å². The predicted molar refractivity (Wildman–Crippen MR) is 166 cm³/mol. The largest absolute Gasteiger partial charge is 0.350 e. The second-order valence-corrected chi connectivity index (χ2v) is 13.6. The topological polar surface area (TPSA) is 73.0 Å². The SMILES string of the molecule is CCN1CCCC1CNC(=O)c1ccccc1N(C1CN(C(c2ccc(Cl)cc2)c2ccc(Cl)cc2)C1)S(C)(=O)=O. The number of nitrogens with one attached hydrogen (secondary N) is 1. The van der Waals surface area contributed by atoms with E-state index in [0.29, 0.717) is 47.0 Å². The molecule has 1 unspecified atom stereocenters. The molecule has 2 fully saturated rings. The first-order valence-corrected chi connectivity index (χ1v) is 16.6. The molecule has 5 rings (SSSR count). The van der Waals surface area contributed by atoms with Gasteiger partial charge in [-0.25, -0.2) is 8.42 Å². The molecule has 0 aliphatic carbocycles. The summed E-state index contributed by atoms with van der Waals surface area (Å²) in [5.41, 5.74) is 2.87. The Balaban J connectivity index is 1.38. The number of likely N-dealkylation sites (tertiary alicyclic amines) is 2. The van der Waals surface area contributed by atoms with Crippen LogP contribution in [0.1, 0.15) is 47.3 Å². The molecule has 1 amide bonds. The van der Waals surface area contributed by atoms with E-state index in [-0.39, 0.29) is 18.0 Å². The molecule has 0 aromatic heterocycles. The lowest BCUT2D eigenvalue weighted by Crippen LogP contribution is -2.62. The first-order valence-electron chi connectivity index (χ1n) is 14.0. The minimum absolute atomic E-state index is 0.103. The van der Waals surface area contributed by atoms with Crippen LogP contribution in [-0.4, -0.2) is 75.2 Å². The molecule has 1 atom stereocenters. The third-order valence-electron chi connectivity index (χ3n) is 8.11. The van der Waals surface area contributed by atoms with E-state index in [1.165, 1.54) is 10.6 Å². The molecule has 3 aromatic rings. The van der Waals surface area contributed by atoms with E-state index in [1.54, 1.807) is 24.3 Å². The molecule has 1 N–H and O–H groups in total. The average molecular weight is 616 g/mol. The van der Waals surface area contributed by atoms with Crippen LogP contribution in [0.3, 0.4) is 0 Å². The Morgan fingerprint density at radius 2 is 1.56 bits per heavy atom. The van der Waals surface area contributed by atoms with Crippen molar-refractivity contribution in [2.24, 2.45) is 0 Å². The van der Waals surface area contributed by atoms with Crippen LogP contribution in [0.15, 0.2) is 72.8 Å². The third-order valence-corrected chi connectivity index (χ3v) is 9.82. The van der Waals surface area contributed by atoms with E-state index in [0.717, 1.165) is 37.1 Å². The van der Waals surface area contributed by atoms with Crippen molar-refractivity contribution in [2.75, 3.05) is 43.3 Å².